The van der Waals surface area contributed by atoms with Gasteiger partial charge in [-0.15, -0.1) is 0 Å². The van der Waals surface area contributed by atoms with Crippen LogP contribution in [-0.4, -0.2) is 9.97 Å². The standard InChI is InChI=1S/C14H18N2/c1-9(2)7-14-12-8-10(3)5-6-13(12)15-11(4)16-14/h5-6,8-9H,7H2,1-4H3. The van der Waals surface area contributed by atoms with Crippen LogP contribution in [0.4, 0.5) is 0 Å². The number of nitrogens with zero attached hydrogens (tertiary/aromatic N) is 2. The number of fused-ring (bicyclic) bond motifs is 1. The van der Waals surface area contributed by atoms with E-state index in [1.165, 1.54) is 16.6 Å². The molecule has 0 bridgehead atoms. The summed E-state index contributed by atoms with van der Waals surface area (Å²) < 4.78 is 0. The molecule has 1 aromatic carbocycles. The van der Waals surface area contributed by atoms with E-state index in [0.29, 0.717) is 5.92 Å². The first kappa shape index (κ1) is 11.1. The van der Waals surface area contributed by atoms with Crippen LogP contribution in [-0.2, 0) is 6.42 Å². The van der Waals surface area contributed by atoms with Gasteiger partial charge in [0.25, 0.3) is 0 Å². The molecule has 2 heteroatoms. The highest BCUT2D eigenvalue weighted by Crippen LogP contribution is 2.20. The van der Waals surface area contributed by atoms with E-state index < -0.39 is 0 Å². The largest absolute Gasteiger partial charge is 0.238 e. The summed E-state index contributed by atoms with van der Waals surface area (Å²) >= 11 is 0. The molecular weight excluding hydrogens is 196 g/mol. The smallest absolute Gasteiger partial charge is 0.126 e. The van der Waals surface area contributed by atoms with Crippen LogP contribution < -0.4 is 0 Å². The van der Waals surface area contributed by atoms with Gasteiger partial charge in [-0.05, 0) is 38.3 Å². The first-order valence-corrected chi connectivity index (χ1v) is 5.80. The number of aromatic nitrogens is 2. The zero-order valence-electron chi connectivity index (χ0n) is 10.4. The quantitative estimate of drug-likeness (QED) is 0.765. The number of benzene rings is 1. The van der Waals surface area contributed by atoms with Gasteiger partial charge in [0.1, 0.15) is 5.82 Å². The van der Waals surface area contributed by atoms with Crippen LogP contribution in [0.5, 0.6) is 0 Å². The predicted molar refractivity (Wildman–Crippen MR) is 67.6 cm³/mol. The second-order valence-corrected chi connectivity index (χ2v) is 4.84. The van der Waals surface area contributed by atoms with E-state index in [-0.39, 0.29) is 0 Å². The Morgan fingerprint density at radius 1 is 1.12 bits per heavy atom. The molecule has 0 saturated heterocycles. The molecule has 0 atom stereocenters. The average molecular weight is 214 g/mol. The molecule has 0 radical (unpaired) electrons. The first-order chi connectivity index (χ1) is 7.56. The van der Waals surface area contributed by atoms with Crippen molar-refractivity contribution in [2.75, 3.05) is 0 Å². The molecule has 2 nitrogen and oxygen atoms in total. The van der Waals surface area contributed by atoms with Crippen molar-refractivity contribution in [1.82, 2.24) is 9.97 Å². The highest BCUT2D eigenvalue weighted by molar-refractivity contribution is 5.81. The summed E-state index contributed by atoms with van der Waals surface area (Å²) in [5.41, 5.74) is 3.51. The van der Waals surface area contributed by atoms with E-state index in [2.05, 4.69) is 48.9 Å². The fourth-order valence-electron chi connectivity index (χ4n) is 1.98. The van der Waals surface area contributed by atoms with Gasteiger partial charge >= 0.3 is 0 Å². The number of rotatable bonds is 2. The molecule has 1 aromatic heterocycles. The molecule has 0 amide bonds. The van der Waals surface area contributed by atoms with Crippen molar-refractivity contribution in [3.63, 3.8) is 0 Å². The Hall–Kier alpha value is -1.44. The van der Waals surface area contributed by atoms with E-state index >= 15 is 0 Å². The predicted octanol–water partition coefficient (Wildman–Crippen LogP) is 3.45. The average Bonchev–Trinajstić information content (AvgIpc) is 2.18. The summed E-state index contributed by atoms with van der Waals surface area (Å²) in [6.07, 6.45) is 1.02. The Bertz CT molecular complexity index is 515. The fraction of sp³-hybridized carbons (Fsp3) is 0.429. The Labute approximate surface area is 96.7 Å². The monoisotopic (exact) mass is 214 g/mol. The van der Waals surface area contributed by atoms with Gasteiger partial charge in [0.15, 0.2) is 0 Å². The normalized spacial score (nSPS) is 11.3. The van der Waals surface area contributed by atoms with Crippen LogP contribution in [0, 0.1) is 19.8 Å². The molecule has 84 valence electrons. The number of hydrogen-bond acceptors (Lipinski definition) is 2. The van der Waals surface area contributed by atoms with Crippen molar-refractivity contribution in [2.24, 2.45) is 5.92 Å². The van der Waals surface area contributed by atoms with E-state index in [1.807, 2.05) is 6.92 Å². The van der Waals surface area contributed by atoms with E-state index in [4.69, 9.17) is 0 Å². The summed E-state index contributed by atoms with van der Waals surface area (Å²) in [5.74, 6) is 1.49. The molecule has 0 spiro atoms. The molecule has 0 aliphatic heterocycles. The van der Waals surface area contributed by atoms with Crippen LogP contribution in [0.3, 0.4) is 0 Å². The molecule has 0 unspecified atom stereocenters. The third-order valence-electron chi connectivity index (χ3n) is 2.64. The van der Waals surface area contributed by atoms with Gasteiger partial charge in [0.05, 0.1) is 11.2 Å². The van der Waals surface area contributed by atoms with Crippen molar-refractivity contribution in [2.45, 2.75) is 34.1 Å². The lowest BCUT2D eigenvalue weighted by Gasteiger charge is -2.09. The topological polar surface area (TPSA) is 25.8 Å². The van der Waals surface area contributed by atoms with Crippen LogP contribution in [0.15, 0.2) is 18.2 Å². The lowest BCUT2D eigenvalue weighted by Crippen LogP contribution is -2.02. The second kappa shape index (κ2) is 4.20. The molecule has 2 rings (SSSR count). The minimum atomic E-state index is 0.623. The minimum Gasteiger partial charge on any atom is -0.238 e. The van der Waals surface area contributed by atoms with Crippen LogP contribution in [0.1, 0.15) is 30.9 Å². The van der Waals surface area contributed by atoms with Gasteiger partial charge in [-0.1, -0.05) is 25.5 Å². The van der Waals surface area contributed by atoms with Crippen molar-refractivity contribution in [1.29, 1.82) is 0 Å². The Morgan fingerprint density at radius 2 is 1.88 bits per heavy atom. The van der Waals surface area contributed by atoms with Crippen LogP contribution in [0.2, 0.25) is 0 Å². The summed E-state index contributed by atoms with van der Waals surface area (Å²) in [4.78, 5) is 9.05. The van der Waals surface area contributed by atoms with Crippen molar-refractivity contribution < 1.29 is 0 Å². The van der Waals surface area contributed by atoms with Crippen molar-refractivity contribution in [3.8, 4) is 0 Å². The molecule has 16 heavy (non-hydrogen) atoms. The second-order valence-electron chi connectivity index (χ2n) is 4.84. The summed E-state index contributed by atoms with van der Waals surface area (Å²) in [5, 5.41) is 1.21. The molecule has 1 heterocycles. The zero-order chi connectivity index (χ0) is 11.7. The molecule has 0 fully saturated rings. The minimum absolute atomic E-state index is 0.623. The lowest BCUT2D eigenvalue weighted by molar-refractivity contribution is 0.636. The fourth-order valence-corrected chi connectivity index (χ4v) is 1.98. The molecule has 0 aliphatic rings. The Balaban J connectivity index is 2.64. The third kappa shape index (κ3) is 2.21. The van der Waals surface area contributed by atoms with Crippen molar-refractivity contribution in [3.05, 3.63) is 35.3 Å². The van der Waals surface area contributed by atoms with Gasteiger partial charge in [-0.25, -0.2) is 9.97 Å². The molecule has 2 aromatic rings. The Morgan fingerprint density at radius 3 is 2.56 bits per heavy atom. The zero-order valence-corrected chi connectivity index (χ0v) is 10.4. The van der Waals surface area contributed by atoms with Gasteiger partial charge in [-0.3, -0.25) is 0 Å². The maximum Gasteiger partial charge on any atom is 0.126 e. The highest BCUT2D eigenvalue weighted by Gasteiger charge is 2.07. The SMILES string of the molecule is Cc1ccc2nc(C)nc(CC(C)C)c2c1. The van der Waals surface area contributed by atoms with E-state index in [0.717, 1.165) is 17.8 Å². The van der Waals surface area contributed by atoms with Crippen LogP contribution in [0.25, 0.3) is 10.9 Å². The van der Waals surface area contributed by atoms with Crippen LogP contribution >= 0.6 is 0 Å². The van der Waals surface area contributed by atoms with E-state index in [1.54, 1.807) is 0 Å². The molecule has 0 N–H and O–H groups in total. The Kier molecular flexibility index (Phi) is 2.90. The van der Waals surface area contributed by atoms with Crippen molar-refractivity contribution >= 4 is 10.9 Å². The maximum absolute atomic E-state index is 4.57. The van der Waals surface area contributed by atoms with E-state index in [9.17, 15) is 0 Å². The van der Waals surface area contributed by atoms with Gasteiger partial charge in [0, 0.05) is 5.39 Å². The summed E-state index contributed by atoms with van der Waals surface area (Å²) in [6.45, 7) is 8.51. The highest BCUT2D eigenvalue weighted by atomic mass is 14.9. The summed E-state index contributed by atoms with van der Waals surface area (Å²) in [7, 11) is 0. The number of aryl methyl sites for hydroxylation is 2. The van der Waals surface area contributed by atoms with Gasteiger partial charge in [-0.2, -0.15) is 0 Å². The summed E-state index contributed by atoms with van der Waals surface area (Å²) in [6, 6.07) is 6.38. The number of hydrogen-bond donors (Lipinski definition) is 0. The molecule has 0 saturated carbocycles. The van der Waals surface area contributed by atoms with Gasteiger partial charge in [0.2, 0.25) is 0 Å². The molecule has 0 aliphatic carbocycles. The van der Waals surface area contributed by atoms with Gasteiger partial charge < -0.3 is 0 Å². The first-order valence-electron chi connectivity index (χ1n) is 5.80. The maximum atomic E-state index is 4.57. The molecular formula is C14H18N2. The third-order valence-corrected chi connectivity index (χ3v) is 2.64. The lowest BCUT2D eigenvalue weighted by atomic mass is 10.0.